The lowest BCUT2D eigenvalue weighted by Crippen LogP contribution is -2.27. The molecule has 0 saturated carbocycles. The fourth-order valence-corrected chi connectivity index (χ4v) is 1.10. The number of ether oxygens (including phenoxy) is 1. The first-order valence-corrected chi connectivity index (χ1v) is 4.98. The molecule has 0 saturated heterocycles. The second-order valence-electron chi connectivity index (χ2n) is 3.57. The lowest BCUT2D eigenvalue weighted by molar-refractivity contribution is 0.297. The van der Waals surface area contributed by atoms with Crippen molar-refractivity contribution in [2.45, 2.75) is 26.8 Å². The van der Waals surface area contributed by atoms with E-state index in [0.29, 0.717) is 18.5 Å². The van der Waals surface area contributed by atoms with Crippen molar-refractivity contribution in [2.75, 3.05) is 13.2 Å². The van der Waals surface area contributed by atoms with Crippen molar-refractivity contribution in [1.29, 1.82) is 0 Å². The highest BCUT2D eigenvalue weighted by Gasteiger charge is 1.95. The molecule has 78 valence electrons. The summed E-state index contributed by atoms with van der Waals surface area (Å²) < 4.78 is 5.46. The van der Waals surface area contributed by atoms with Crippen LogP contribution in [-0.2, 0) is 0 Å². The third kappa shape index (κ3) is 4.23. The Hall–Kier alpha value is -1.09. The Kier molecular flexibility index (Phi) is 4.40. The molecule has 1 aromatic rings. The van der Waals surface area contributed by atoms with Gasteiger partial charge in [-0.2, -0.15) is 0 Å². The molecule has 0 aliphatic rings. The number of aromatic nitrogens is 1. The van der Waals surface area contributed by atoms with E-state index in [1.807, 2.05) is 25.1 Å². The van der Waals surface area contributed by atoms with Crippen LogP contribution in [0.15, 0.2) is 18.2 Å². The van der Waals surface area contributed by atoms with Crippen LogP contribution in [0.4, 0.5) is 0 Å². The summed E-state index contributed by atoms with van der Waals surface area (Å²) in [5.41, 5.74) is 0.985. The molecule has 0 unspecified atom stereocenters. The van der Waals surface area contributed by atoms with Gasteiger partial charge in [-0.3, -0.25) is 0 Å². The largest absolute Gasteiger partial charge is 0.476 e. The molecule has 1 heterocycles. The zero-order chi connectivity index (χ0) is 10.4. The van der Waals surface area contributed by atoms with Gasteiger partial charge in [0.15, 0.2) is 0 Å². The van der Waals surface area contributed by atoms with Crippen LogP contribution in [0.1, 0.15) is 19.5 Å². The minimum absolute atomic E-state index is 0.504. The van der Waals surface area contributed by atoms with Crippen molar-refractivity contribution in [3.8, 4) is 5.88 Å². The summed E-state index contributed by atoms with van der Waals surface area (Å²) in [5.74, 6) is 0.704. The molecule has 0 bridgehead atoms. The number of hydrogen-bond donors (Lipinski definition) is 1. The molecule has 0 spiro atoms. The summed E-state index contributed by atoms with van der Waals surface area (Å²) in [6, 6.07) is 6.29. The molecule has 0 aliphatic carbocycles. The van der Waals surface area contributed by atoms with Crippen LogP contribution in [0.5, 0.6) is 5.88 Å². The highest BCUT2D eigenvalue weighted by Crippen LogP contribution is 2.05. The zero-order valence-corrected chi connectivity index (χ0v) is 9.08. The molecule has 0 aliphatic heterocycles. The highest BCUT2D eigenvalue weighted by molar-refractivity contribution is 5.14. The van der Waals surface area contributed by atoms with Crippen LogP contribution >= 0.6 is 0 Å². The lowest BCUT2D eigenvalue weighted by Gasteiger charge is -2.09. The molecule has 0 radical (unpaired) electrons. The predicted molar refractivity (Wildman–Crippen MR) is 57.6 cm³/mol. The minimum Gasteiger partial charge on any atom is -0.476 e. The van der Waals surface area contributed by atoms with Gasteiger partial charge in [0.1, 0.15) is 6.61 Å². The molecule has 0 aromatic carbocycles. The monoisotopic (exact) mass is 194 g/mol. The second kappa shape index (κ2) is 5.60. The molecule has 0 atom stereocenters. The summed E-state index contributed by atoms with van der Waals surface area (Å²) >= 11 is 0. The number of rotatable bonds is 5. The fraction of sp³-hybridized carbons (Fsp3) is 0.545. The third-order valence-electron chi connectivity index (χ3n) is 1.77. The van der Waals surface area contributed by atoms with E-state index in [1.165, 1.54) is 0 Å². The van der Waals surface area contributed by atoms with E-state index in [9.17, 15) is 0 Å². The van der Waals surface area contributed by atoms with Gasteiger partial charge in [0.2, 0.25) is 5.88 Å². The summed E-state index contributed by atoms with van der Waals surface area (Å²) in [5, 5.41) is 3.28. The van der Waals surface area contributed by atoms with Crippen LogP contribution in [0.25, 0.3) is 0 Å². The first-order valence-electron chi connectivity index (χ1n) is 4.98. The average molecular weight is 194 g/mol. The van der Waals surface area contributed by atoms with Gasteiger partial charge in [-0.25, -0.2) is 4.98 Å². The first-order chi connectivity index (χ1) is 6.68. The SMILES string of the molecule is Cc1cccc(OCCNC(C)C)n1. The first kappa shape index (κ1) is 11.0. The van der Waals surface area contributed by atoms with E-state index in [-0.39, 0.29) is 0 Å². The topological polar surface area (TPSA) is 34.1 Å². The van der Waals surface area contributed by atoms with Crippen LogP contribution in [0.2, 0.25) is 0 Å². The van der Waals surface area contributed by atoms with Gasteiger partial charge in [0.05, 0.1) is 0 Å². The minimum atomic E-state index is 0.504. The molecule has 0 fully saturated rings. The zero-order valence-electron chi connectivity index (χ0n) is 9.08. The van der Waals surface area contributed by atoms with Crippen LogP contribution in [-0.4, -0.2) is 24.2 Å². The summed E-state index contributed by atoms with van der Waals surface area (Å²) in [6.07, 6.45) is 0. The van der Waals surface area contributed by atoms with E-state index in [2.05, 4.69) is 24.1 Å². The van der Waals surface area contributed by atoms with Crippen molar-refractivity contribution >= 4 is 0 Å². The second-order valence-corrected chi connectivity index (χ2v) is 3.57. The Balaban J connectivity index is 2.25. The fourth-order valence-electron chi connectivity index (χ4n) is 1.10. The van der Waals surface area contributed by atoms with Crippen molar-refractivity contribution in [3.63, 3.8) is 0 Å². The van der Waals surface area contributed by atoms with Crippen molar-refractivity contribution < 1.29 is 4.74 Å². The van der Waals surface area contributed by atoms with E-state index >= 15 is 0 Å². The van der Waals surface area contributed by atoms with E-state index in [1.54, 1.807) is 0 Å². The number of pyridine rings is 1. The molecular weight excluding hydrogens is 176 g/mol. The molecule has 14 heavy (non-hydrogen) atoms. The van der Waals surface area contributed by atoms with Crippen LogP contribution < -0.4 is 10.1 Å². The van der Waals surface area contributed by atoms with E-state index in [0.717, 1.165) is 12.2 Å². The summed E-state index contributed by atoms with van der Waals surface area (Å²) in [7, 11) is 0. The Morgan fingerprint density at radius 2 is 2.21 bits per heavy atom. The van der Waals surface area contributed by atoms with Gasteiger partial charge < -0.3 is 10.1 Å². The van der Waals surface area contributed by atoms with Gasteiger partial charge in [-0.15, -0.1) is 0 Å². The van der Waals surface area contributed by atoms with Crippen molar-refractivity contribution in [2.24, 2.45) is 0 Å². The number of nitrogens with zero attached hydrogens (tertiary/aromatic N) is 1. The van der Waals surface area contributed by atoms with Crippen molar-refractivity contribution in [1.82, 2.24) is 10.3 Å². The third-order valence-corrected chi connectivity index (χ3v) is 1.77. The summed E-state index contributed by atoms with van der Waals surface area (Å²) in [4.78, 5) is 4.24. The average Bonchev–Trinajstić information content (AvgIpc) is 2.12. The van der Waals surface area contributed by atoms with E-state index < -0.39 is 0 Å². The van der Waals surface area contributed by atoms with Gasteiger partial charge in [0, 0.05) is 24.3 Å². The summed E-state index contributed by atoms with van der Waals surface area (Å²) in [6.45, 7) is 7.71. The van der Waals surface area contributed by atoms with Crippen LogP contribution in [0, 0.1) is 6.92 Å². The Morgan fingerprint density at radius 1 is 1.43 bits per heavy atom. The standard InChI is InChI=1S/C11H18N2O/c1-9(2)12-7-8-14-11-6-4-5-10(3)13-11/h4-6,9,12H,7-8H2,1-3H3. The van der Waals surface area contributed by atoms with Gasteiger partial charge in [-0.1, -0.05) is 19.9 Å². The Morgan fingerprint density at radius 3 is 2.86 bits per heavy atom. The molecule has 0 amide bonds. The van der Waals surface area contributed by atoms with Crippen molar-refractivity contribution in [3.05, 3.63) is 23.9 Å². The quantitative estimate of drug-likeness (QED) is 0.725. The molecular formula is C11H18N2O. The number of nitrogens with one attached hydrogen (secondary N) is 1. The number of aryl methyl sites for hydroxylation is 1. The molecule has 1 rings (SSSR count). The molecule has 1 N–H and O–H groups in total. The number of hydrogen-bond acceptors (Lipinski definition) is 3. The molecule has 3 heteroatoms. The lowest BCUT2D eigenvalue weighted by atomic mass is 10.4. The molecule has 1 aromatic heterocycles. The van der Waals surface area contributed by atoms with Gasteiger partial charge in [0.25, 0.3) is 0 Å². The van der Waals surface area contributed by atoms with Gasteiger partial charge in [-0.05, 0) is 13.0 Å². The smallest absolute Gasteiger partial charge is 0.213 e. The maximum Gasteiger partial charge on any atom is 0.213 e. The maximum atomic E-state index is 5.46. The maximum absolute atomic E-state index is 5.46. The van der Waals surface area contributed by atoms with Gasteiger partial charge >= 0.3 is 0 Å². The normalized spacial score (nSPS) is 10.6. The Bertz CT molecular complexity index is 274. The Labute approximate surface area is 85.5 Å². The predicted octanol–water partition coefficient (Wildman–Crippen LogP) is 1.77. The van der Waals surface area contributed by atoms with Crippen LogP contribution in [0.3, 0.4) is 0 Å². The highest BCUT2D eigenvalue weighted by atomic mass is 16.5. The molecule has 3 nitrogen and oxygen atoms in total. The van der Waals surface area contributed by atoms with E-state index in [4.69, 9.17) is 4.74 Å².